The molecule has 2 aliphatic heterocycles. The van der Waals surface area contributed by atoms with E-state index >= 15 is 0 Å². The number of hydrogen-bond acceptors (Lipinski definition) is 4. The highest BCUT2D eigenvalue weighted by molar-refractivity contribution is 6.43. The zero-order valence-electron chi connectivity index (χ0n) is 11.4. The number of halogens is 2. The first-order valence-electron chi connectivity index (χ1n) is 6.70. The Labute approximate surface area is 128 Å². The van der Waals surface area contributed by atoms with Crippen molar-refractivity contribution in [1.82, 2.24) is 5.32 Å². The number of anilines is 1. The van der Waals surface area contributed by atoms with E-state index in [2.05, 4.69) is 15.8 Å². The number of oxime groups is 1. The summed E-state index contributed by atoms with van der Waals surface area (Å²) in [6.45, 7) is 1.67. The average molecular weight is 314 g/mol. The number of amides is 1. The second-order valence-electron chi connectivity index (χ2n) is 5.23. The molecule has 5 nitrogen and oxygen atoms in total. The summed E-state index contributed by atoms with van der Waals surface area (Å²) in [4.78, 5) is 17.6. The lowest BCUT2D eigenvalue weighted by molar-refractivity contribution is -0.110. The third-order valence-corrected chi connectivity index (χ3v) is 3.62. The number of nitrogens with one attached hydrogen (secondary N) is 2. The molecular formula is C14H17ClFN3O2. The Kier molecular flexibility index (Phi) is 4.80. The molecule has 3 rings (SSSR count). The third kappa shape index (κ3) is 3.51. The van der Waals surface area contributed by atoms with Gasteiger partial charge in [0.1, 0.15) is 11.5 Å². The van der Waals surface area contributed by atoms with Crippen molar-refractivity contribution in [3.8, 4) is 0 Å². The summed E-state index contributed by atoms with van der Waals surface area (Å²) in [5.41, 5.74) is 0.394. The minimum absolute atomic E-state index is 0. The van der Waals surface area contributed by atoms with E-state index in [1.54, 1.807) is 12.1 Å². The van der Waals surface area contributed by atoms with Crippen molar-refractivity contribution in [2.45, 2.75) is 24.9 Å². The summed E-state index contributed by atoms with van der Waals surface area (Å²) < 4.78 is 13.1. The SMILES string of the molecule is Cl.O=C(Nc1cccc(F)c1)C1=NOC2(CCCNC2)C1. The fraction of sp³-hybridized carbons (Fsp3) is 0.429. The predicted octanol–water partition coefficient (Wildman–Crippen LogP) is 2.08. The van der Waals surface area contributed by atoms with Gasteiger partial charge in [-0.3, -0.25) is 4.79 Å². The lowest BCUT2D eigenvalue weighted by atomic mass is 9.89. The van der Waals surface area contributed by atoms with E-state index in [4.69, 9.17) is 4.84 Å². The zero-order valence-corrected chi connectivity index (χ0v) is 12.2. The van der Waals surface area contributed by atoms with Crippen LogP contribution in [0, 0.1) is 5.82 Å². The second-order valence-corrected chi connectivity index (χ2v) is 5.23. The van der Waals surface area contributed by atoms with Crippen molar-refractivity contribution in [1.29, 1.82) is 0 Å². The Morgan fingerprint density at radius 1 is 1.48 bits per heavy atom. The molecule has 21 heavy (non-hydrogen) atoms. The number of hydrogen-bond donors (Lipinski definition) is 2. The van der Waals surface area contributed by atoms with Gasteiger partial charge < -0.3 is 15.5 Å². The summed E-state index contributed by atoms with van der Waals surface area (Å²) in [5, 5.41) is 9.79. The van der Waals surface area contributed by atoms with Gasteiger partial charge in [-0.15, -0.1) is 12.4 Å². The minimum Gasteiger partial charge on any atom is -0.387 e. The molecule has 1 saturated heterocycles. The van der Waals surface area contributed by atoms with Gasteiger partial charge in [0, 0.05) is 18.7 Å². The van der Waals surface area contributed by atoms with Crippen molar-refractivity contribution in [3.63, 3.8) is 0 Å². The van der Waals surface area contributed by atoms with Crippen molar-refractivity contribution < 1.29 is 14.0 Å². The van der Waals surface area contributed by atoms with Crippen LogP contribution in [0.15, 0.2) is 29.4 Å². The maximum absolute atomic E-state index is 13.1. The lowest BCUT2D eigenvalue weighted by Crippen LogP contribution is -2.46. The summed E-state index contributed by atoms with van der Waals surface area (Å²) in [6, 6.07) is 5.78. The Morgan fingerprint density at radius 2 is 2.33 bits per heavy atom. The summed E-state index contributed by atoms with van der Waals surface area (Å²) in [7, 11) is 0. The van der Waals surface area contributed by atoms with Crippen LogP contribution in [-0.2, 0) is 9.63 Å². The van der Waals surface area contributed by atoms with Crippen LogP contribution in [0.25, 0.3) is 0 Å². The molecule has 2 N–H and O–H groups in total. The maximum Gasteiger partial charge on any atom is 0.273 e. The number of piperidine rings is 1. The average Bonchev–Trinajstić information content (AvgIpc) is 2.83. The van der Waals surface area contributed by atoms with E-state index in [9.17, 15) is 9.18 Å². The maximum atomic E-state index is 13.1. The van der Waals surface area contributed by atoms with Crippen LogP contribution in [0.5, 0.6) is 0 Å². The minimum atomic E-state index is -0.389. The Balaban J connectivity index is 0.00000161. The molecule has 1 unspecified atom stereocenters. The van der Waals surface area contributed by atoms with Gasteiger partial charge in [-0.2, -0.15) is 0 Å². The van der Waals surface area contributed by atoms with Crippen molar-refractivity contribution in [3.05, 3.63) is 30.1 Å². The molecule has 1 fully saturated rings. The molecule has 1 atom stereocenters. The summed E-state index contributed by atoms with van der Waals surface area (Å²) >= 11 is 0. The van der Waals surface area contributed by atoms with Gasteiger partial charge in [0.25, 0.3) is 5.91 Å². The van der Waals surface area contributed by atoms with Crippen LogP contribution in [-0.4, -0.2) is 30.3 Å². The first-order valence-corrected chi connectivity index (χ1v) is 6.70. The van der Waals surface area contributed by atoms with Crippen LogP contribution < -0.4 is 10.6 Å². The highest BCUT2D eigenvalue weighted by Gasteiger charge is 2.42. The van der Waals surface area contributed by atoms with E-state index in [-0.39, 0.29) is 29.7 Å². The van der Waals surface area contributed by atoms with Gasteiger partial charge >= 0.3 is 0 Å². The molecular weight excluding hydrogens is 297 g/mol. The van der Waals surface area contributed by atoms with Crippen molar-refractivity contribution >= 4 is 29.7 Å². The number of carbonyl (C=O) groups excluding carboxylic acids is 1. The van der Waals surface area contributed by atoms with Crippen molar-refractivity contribution in [2.75, 3.05) is 18.4 Å². The van der Waals surface area contributed by atoms with Gasteiger partial charge in [-0.05, 0) is 37.6 Å². The van der Waals surface area contributed by atoms with Gasteiger partial charge in [0.05, 0.1) is 0 Å². The number of carbonyl (C=O) groups is 1. The van der Waals surface area contributed by atoms with Gasteiger partial charge in [0.2, 0.25) is 0 Å². The van der Waals surface area contributed by atoms with Gasteiger partial charge in [-0.25, -0.2) is 4.39 Å². The smallest absolute Gasteiger partial charge is 0.273 e. The molecule has 1 aromatic rings. The van der Waals surface area contributed by atoms with Crippen LogP contribution >= 0.6 is 12.4 Å². The lowest BCUT2D eigenvalue weighted by Gasteiger charge is -2.30. The Bertz CT molecular complexity index is 559. The quantitative estimate of drug-likeness (QED) is 0.879. The standard InChI is InChI=1S/C14H16FN3O2.ClH/c15-10-3-1-4-11(7-10)17-13(19)12-8-14(20-18-12)5-2-6-16-9-14;/h1,3-4,7,16H,2,5-6,8-9H2,(H,17,19);1H. The topological polar surface area (TPSA) is 62.7 Å². The Hall–Kier alpha value is -1.66. The molecule has 0 aliphatic carbocycles. The number of benzene rings is 1. The molecule has 1 spiro atoms. The second kappa shape index (κ2) is 6.41. The van der Waals surface area contributed by atoms with Crippen LogP contribution in [0.3, 0.4) is 0 Å². The van der Waals surface area contributed by atoms with E-state index in [0.717, 1.165) is 19.4 Å². The molecule has 2 heterocycles. The molecule has 0 radical (unpaired) electrons. The van der Waals surface area contributed by atoms with Crippen LogP contribution in [0.2, 0.25) is 0 Å². The molecule has 0 saturated carbocycles. The van der Waals surface area contributed by atoms with Gasteiger partial charge in [-0.1, -0.05) is 11.2 Å². The predicted molar refractivity (Wildman–Crippen MR) is 80.2 cm³/mol. The van der Waals surface area contributed by atoms with E-state index in [1.807, 2.05) is 0 Å². The largest absolute Gasteiger partial charge is 0.387 e. The van der Waals surface area contributed by atoms with Crippen LogP contribution in [0.1, 0.15) is 19.3 Å². The number of rotatable bonds is 2. The molecule has 1 aromatic carbocycles. The molecule has 0 bridgehead atoms. The fourth-order valence-electron chi connectivity index (χ4n) is 2.58. The molecule has 1 amide bonds. The normalized spacial score (nSPS) is 24.0. The molecule has 114 valence electrons. The monoisotopic (exact) mass is 313 g/mol. The van der Waals surface area contributed by atoms with Crippen LogP contribution in [0.4, 0.5) is 10.1 Å². The van der Waals surface area contributed by atoms with E-state index < -0.39 is 0 Å². The van der Waals surface area contributed by atoms with E-state index in [0.29, 0.717) is 24.4 Å². The number of nitrogens with zero attached hydrogens (tertiary/aromatic N) is 1. The summed E-state index contributed by atoms with van der Waals surface area (Å²) in [6.07, 6.45) is 2.38. The highest BCUT2D eigenvalue weighted by atomic mass is 35.5. The van der Waals surface area contributed by atoms with Crippen molar-refractivity contribution in [2.24, 2.45) is 5.16 Å². The van der Waals surface area contributed by atoms with Gasteiger partial charge in [0.15, 0.2) is 5.60 Å². The Morgan fingerprint density at radius 3 is 3.05 bits per heavy atom. The van der Waals surface area contributed by atoms with E-state index in [1.165, 1.54) is 12.1 Å². The first-order chi connectivity index (χ1) is 9.67. The molecule has 7 heteroatoms. The zero-order chi connectivity index (χ0) is 14.0. The first kappa shape index (κ1) is 15.7. The molecule has 0 aromatic heterocycles. The third-order valence-electron chi connectivity index (χ3n) is 3.62. The highest BCUT2D eigenvalue weighted by Crippen LogP contribution is 2.30. The molecule has 2 aliphatic rings. The summed E-state index contributed by atoms with van der Waals surface area (Å²) in [5.74, 6) is -0.724. The fourth-order valence-corrected chi connectivity index (χ4v) is 2.58.